The molecule has 8 heteroatoms. The number of aromatic nitrogens is 1. The van der Waals surface area contributed by atoms with E-state index in [1.165, 1.54) is 24.4 Å². The average molecular weight is 389 g/mol. The predicted octanol–water partition coefficient (Wildman–Crippen LogP) is 4.82. The van der Waals surface area contributed by atoms with Crippen LogP contribution in [-0.2, 0) is 11.0 Å². The van der Waals surface area contributed by atoms with Crippen molar-refractivity contribution in [3.8, 4) is 11.8 Å². The second-order valence-corrected chi connectivity index (χ2v) is 5.85. The zero-order chi connectivity index (χ0) is 20.6. The number of benzene rings is 1. The first kappa shape index (κ1) is 21.0. The van der Waals surface area contributed by atoms with Crippen molar-refractivity contribution in [3.05, 3.63) is 59.8 Å². The van der Waals surface area contributed by atoms with E-state index in [4.69, 9.17) is 10.00 Å². The highest BCUT2D eigenvalue weighted by atomic mass is 19.4. The minimum Gasteiger partial charge on any atom is -0.490 e. The number of allylic oxidation sites excluding steroid dienone is 1. The zero-order valence-electron chi connectivity index (χ0n) is 15.1. The van der Waals surface area contributed by atoms with Gasteiger partial charge in [-0.3, -0.25) is 4.79 Å². The third-order valence-electron chi connectivity index (χ3n) is 3.72. The van der Waals surface area contributed by atoms with Crippen LogP contribution in [0.4, 0.5) is 19.0 Å². The highest BCUT2D eigenvalue weighted by Gasteiger charge is 2.29. The number of ether oxygens (including phenoxy) is 1. The van der Waals surface area contributed by atoms with Gasteiger partial charge in [-0.05, 0) is 48.7 Å². The van der Waals surface area contributed by atoms with Gasteiger partial charge in [0.25, 0.3) is 0 Å². The molecule has 2 rings (SSSR count). The Hall–Kier alpha value is -3.34. The summed E-state index contributed by atoms with van der Waals surface area (Å²) < 4.78 is 43.4. The number of nitriles is 1. The smallest absolute Gasteiger partial charge is 0.416 e. The lowest BCUT2D eigenvalue weighted by Gasteiger charge is -2.10. The second kappa shape index (κ2) is 9.55. The van der Waals surface area contributed by atoms with Crippen LogP contribution in [0.2, 0.25) is 0 Å². The summed E-state index contributed by atoms with van der Waals surface area (Å²) in [5.41, 5.74) is 0.246. The normalized spacial score (nSPS) is 11.6. The molecule has 0 saturated carbocycles. The van der Waals surface area contributed by atoms with E-state index >= 15 is 0 Å². The molecule has 146 valence electrons. The minimum atomic E-state index is -4.41. The molecule has 0 aliphatic carbocycles. The summed E-state index contributed by atoms with van der Waals surface area (Å²) in [6, 6.07) is 9.87. The molecule has 0 aliphatic heterocycles. The molecule has 28 heavy (non-hydrogen) atoms. The molecule has 0 spiro atoms. The van der Waals surface area contributed by atoms with E-state index in [1.807, 2.05) is 6.07 Å². The standard InChI is InChI=1S/C20H18F3N3O2/c1-14(15-6-8-16(9-7-15)20(21,22)23)13-18(27)26-19-17(5-4-11-25-19)28-12-3-2-10-24/h4-9,11,13H,2-3,12H2,1H3,(H,25,26,27)/b14-13-. The Bertz CT molecular complexity index is 885. The lowest BCUT2D eigenvalue weighted by molar-refractivity contribution is -0.137. The monoisotopic (exact) mass is 389 g/mol. The molecule has 0 bridgehead atoms. The van der Waals surface area contributed by atoms with Gasteiger partial charge in [-0.25, -0.2) is 4.98 Å². The fourth-order valence-corrected chi connectivity index (χ4v) is 2.29. The molecule has 0 atom stereocenters. The summed E-state index contributed by atoms with van der Waals surface area (Å²) in [7, 11) is 0. The third kappa shape index (κ3) is 6.13. The largest absolute Gasteiger partial charge is 0.490 e. The number of nitrogens with one attached hydrogen (secondary N) is 1. The van der Waals surface area contributed by atoms with Crippen molar-refractivity contribution in [1.82, 2.24) is 4.98 Å². The molecule has 0 unspecified atom stereocenters. The number of carbonyl (C=O) groups excluding carboxylic acids is 1. The van der Waals surface area contributed by atoms with Gasteiger partial charge in [0.1, 0.15) is 0 Å². The van der Waals surface area contributed by atoms with Crippen LogP contribution < -0.4 is 10.1 Å². The maximum absolute atomic E-state index is 12.6. The fourth-order valence-electron chi connectivity index (χ4n) is 2.29. The van der Waals surface area contributed by atoms with Crippen LogP contribution in [0.1, 0.15) is 30.9 Å². The minimum absolute atomic E-state index is 0.223. The first-order chi connectivity index (χ1) is 13.3. The lowest BCUT2D eigenvalue weighted by Crippen LogP contribution is -2.12. The molecule has 1 aromatic carbocycles. The number of halogens is 3. The van der Waals surface area contributed by atoms with Crippen molar-refractivity contribution < 1.29 is 22.7 Å². The van der Waals surface area contributed by atoms with Crippen molar-refractivity contribution in [2.45, 2.75) is 25.9 Å². The zero-order valence-corrected chi connectivity index (χ0v) is 15.1. The Morgan fingerprint density at radius 2 is 2.00 bits per heavy atom. The predicted molar refractivity (Wildman–Crippen MR) is 98.3 cm³/mol. The quantitative estimate of drug-likeness (QED) is 0.544. The van der Waals surface area contributed by atoms with E-state index < -0.39 is 17.6 Å². The summed E-state index contributed by atoms with van der Waals surface area (Å²) in [5, 5.41) is 11.1. The Balaban J connectivity index is 2.06. The van der Waals surface area contributed by atoms with Gasteiger partial charge in [0, 0.05) is 18.7 Å². The number of alkyl halides is 3. The Morgan fingerprint density at radius 1 is 1.29 bits per heavy atom. The molecule has 1 heterocycles. The van der Waals surface area contributed by atoms with Crippen LogP contribution >= 0.6 is 0 Å². The summed E-state index contributed by atoms with van der Waals surface area (Å²) in [6.07, 6.45) is -0.736. The van der Waals surface area contributed by atoms with E-state index in [1.54, 1.807) is 19.1 Å². The van der Waals surface area contributed by atoms with E-state index in [-0.39, 0.29) is 5.82 Å². The summed E-state index contributed by atoms with van der Waals surface area (Å²) in [5.74, 6) is 0.105. The molecular weight excluding hydrogens is 371 g/mol. The van der Waals surface area contributed by atoms with Crippen LogP contribution in [0.3, 0.4) is 0 Å². The summed E-state index contributed by atoms with van der Waals surface area (Å²) in [4.78, 5) is 16.3. The first-order valence-corrected chi connectivity index (χ1v) is 8.43. The van der Waals surface area contributed by atoms with Crippen molar-refractivity contribution in [2.24, 2.45) is 0 Å². The van der Waals surface area contributed by atoms with E-state index in [9.17, 15) is 18.0 Å². The highest BCUT2D eigenvalue weighted by Crippen LogP contribution is 2.30. The number of nitrogens with zero attached hydrogens (tertiary/aromatic N) is 2. The van der Waals surface area contributed by atoms with Gasteiger partial charge >= 0.3 is 6.18 Å². The molecule has 0 aliphatic rings. The van der Waals surface area contributed by atoms with Crippen molar-refractivity contribution >= 4 is 17.3 Å². The van der Waals surface area contributed by atoms with Crippen LogP contribution in [-0.4, -0.2) is 17.5 Å². The fraction of sp³-hybridized carbons (Fsp3) is 0.250. The highest BCUT2D eigenvalue weighted by molar-refractivity contribution is 6.03. The topological polar surface area (TPSA) is 75.0 Å². The Kier molecular flexibility index (Phi) is 7.15. The van der Waals surface area contributed by atoms with Crippen molar-refractivity contribution in [2.75, 3.05) is 11.9 Å². The van der Waals surface area contributed by atoms with Crippen LogP contribution in [0.15, 0.2) is 48.7 Å². The number of rotatable bonds is 7. The summed E-state index contributed by atoms with van der Waals surface area (Å²) >= 11 is 0. The number of amides is 1. The SMILES string of the molecule is C/C(=C/C(=O)Nc1ncccc1OCCCC#N)c1ccc(C(F)(F)F)cc1. The molecular formula is C20H18F3N3O2. The van der Waals surface area contributed by atoms with Crippen LogP contribution in [0.5, 0.6) is 5.75 Å². The molecule has 5 nitrogen and oxygen atoms in total. The lowest BCUT2D eigenvalue weighted by atomic mass is 10.0. The van der Waals surface area contributed by atoms with Gasteiger partial charge in [0.15, 0.2) is 11.6 Å². The number of hydrogen-bond donors (Lipinski definition) is 1. The molecule has 2 aromatic rings. The molecule has 0 saturated heterocycles. The molecule has 0 fully saturated rings. The second-order valence-electron chi connectivity index (χ2n) is 5.85. The van der Waals surface area contributed by atoms with Gasteiger partial charge in [-0.2, -0.15) is 18.4 Å². The van der Waals surface area contributed by atoms with Crippen molar-refractivity contribution in [3.63, 3.8) is 0 Å². The molecule has 1 aromatic heterocycles. The Morgan fingerprint density at radius 3 is 2.64 bits per heavy atom. The van der Waals surface area contributed by atoms with Gasteiger partial charge in [-0.15, -0.1) is 0 Å². The van der Waals surface area contributed by atoms with Gasteiger partial charge in [0.2, 0.25) is 5.91 Å². The maximum atomic E-state index is 12.6. The number of unbranched alkanes of at least 4 members (excludes halogenated alkanes) is 1. The van der Waals surface area contributed by atoms with E-state index in [0.717, 1.165) is 12.1 Å². The summed E-state index contributed by atoms with van der Waals surface area (Å²) in [6.45, 7) is 1.93. The maximum Gasteiger partial charge on any atom is 0.416 e. The molecule has 0 radical (unpaired) electrons. The third-order valence-corrected chi connectivity index (χ3v) is 3.72. The average Bonchev–Trinajstić information content (AvgIpc) is 2.65. The first-order valence-electron chi connectivity index (χ1n) is 8.43. The number of carbonyl (C=O) groups is 1. The van der Waals surface area contributed by atoms with Crippen LogP contribution in [0.25, 0.3) is 5.57 Å². The van der Waals surface area contributed by atoms with E-state index in [2.05, 4.69) is 10.3 Å². The van der Waals surface area contributed by atoms with Gasteiger partial charge in [-0.1, -0.05) is 12.1 Å². The number of pyridine rings is 1. The van der Waals surface area contributed by atoms with E-state index in [0.29, 0.717) is 36.3 Å². The Labute approximate surface area is 160 Å². The van der Waals surface area contributed by atoms with Crippen LogP contribution in [0, 0.1) is 11.3 Å². The number of anilines is 1. The number of hydrogen-bond acceptors (Lipinski definition) is 4. The van der Waals surface area contributed by atoms with Crippen molar-refractivity contribution in [1.29, 1.82) is 5.26 Å². The van der Waals surface area contributed by atoms with Gasteiger partial charge in [0.05, 0.1) is 18.2 Å². The van der Waals surface area contributed by atoms with Gasteiger partial charge < -0.3 is 10.1 Å². The molecule has 1 N–H and O–H groups in total. The molecule has 1 amide bonds.